The third-order valence-electron chi connectivity index (χ3n) is 3.26. The van der Waals surface area contributed by atoms with E-state index in [0.29, 0.717) is 23.8 Å². The average molecular weight is 289 g/mol. The molecule has 0 unspecified atom stereocenters. The first-order chi connectivity index (χ1) is 8.43. The van der Waals surface area contributed by atoms with E-state index >= 15 is 0 Å². The lowest BCUT2D eigenvalue weighted by Gasteiger charge is -2.25. The molecule has 1 aromatic carbocycles. The van der Waals surface area contributed by atoms with Gasteiger partial charge in [0.25, 0.3) is 0 Å². The van der Waals surface area contributed by atoms with E-state index < -0.39 is 10.2 Å². The second-order valence-electron chi connectivity index (χ2n) is 4.51. The van der Waals surface area contributed by atoms with Crippen molar-refractivity contribution in [1.29, 1.82) is 0 Å². The highest BCUT2D eigenvalue weighted by atomic mass is 35.5. The molecule has 1 saturated heterocycles. The fourth-order valence-corrected chi connectivity index (χ4v) is 3.62. The molecule has 0 radical (unpaired) electrons. The van der Waals surface area contributed by atoms with Crippen LogP contribution in [0.15, 0.2) is 18.2 Å². The molecule has 0 atom stereocenters. The van der Waals surface area contributed by atoms with Crippen molar-refractivity contribution >= 4 is 27.5 Å². The first-order valence-electron chi connectivity index (χ1n) is 5.93. The van der Waals surface area contributed by atoms with Crippen molar-refractivity contribution < 1.29 is 8.42 Å². The van der Waals surface area contributed by atoms with Crippen LogP contribution >= 0.6 is 11.6 Å². The first-order valence-corrected chi connectivity index (χ1v) is 7.70. The van der Waals surface area contributed by atoms with Crippen molar-refractivity contribution in [2.24, 2.45) is 0 Å². The van der Waals surface area contributed by atoms with Crippen molar-refractivity contribution in [3.05, 3.63) is 28.8 Å². The van der Waals surface area contributed by atoms with Gasteiger partial charge in [-0.05, 0) is 37.5 Å². The Hall–Kier alpha value is -0.780. The normalized spacial score (nSPS) is 17.1. The number of anilines is 1. The number of nitrogens with zero attached hydrogens (tertiary/aromatic N) is 2. The molecule has 6 heteroatoms. The van der Waals surface area contributed by atoms with Gasteiger partial charge in [-0.1, -0.05) is 17.7 Å². The molecule has 1 aliphatic rings. The molecule has 1 fully saturated rings. The lowest BCUT2D eigenvalue weighted by molar-refractivity contribution is 0.476. The summed E-state index contributed by atoms with van der Waals surface area (Å²) in [5.41, 5.74) is 1.53. The molecule has 0 amide bonds. The SMILES string of the molecule is Cc1ccc(N(C)S(=O)(=O)N2CCCC2)cc1Cl. The zero-order valence-electron chi connectivity index (χ0n) is 10.6. The molecular weight excluding hydrogens is 272 g/mol. The topological polar surface area (TPSA) is 40.6 Å². The number of benzene rings is 1. The van der Waals surface area contributed by atoms with E-state index in [9.17, 15) is 8.42 Å². The van der Waals surface area contributed by atoms with Crippen LogP contribution in [0.5, 0.6) is 0 Å². The van der Waals surface area contributed by atoms with Gasteiger partial charge in [0.1, 0.15) is 0 Å². The molecule has 4 nitrogen and oxygen atoms in total. The third-order valence-corrected chi connectivity index (χ3v) is 5.58. The Bertz CT molecular complexity index is 539. The van der Waals surface area contributed by atoms with Crippen LogP contribution < -0.4 is 4.31 Å². The van der Waals surface area contributed by atoms with Gasteiger partial charge >= 0.3 is 10.2 Å². The summed E-state index contributed by atoms with van der Waals surface area (Å²) < 4.78 is 27.5. The highest BCUT2D eigenvalue weighted by Crippen LogP contribution is 2.26. The van der Waals surface area contributed by atoms with Gasteiger partial charge in [0.2, 0.25) is 0 Å². The van der Waals surface area contributed by atoms with Crippen molar-refractivity contribution in [3.8, 4) is 0 Å². The second-order valence-corrected chi connectivity index (χ2v) is 6.88. The number of halogens is 1. The Morgan fingerprint density at radius 2 is 1.89 bits per heavy atom. The summed E-state index contributed by atoms with van der Waals surface area (Å²) in [6, 6.07) is 5.28. The summed E-state index contributed by atoms with van der Waals surface area (Å²) >= 11 is 6.03. The predicted molar refractivity (Wildman–Crippen MR) is 74.3 cm³/mol. The lowest BCUT2D eigenvalue weighted by atomic mass is 10.2. The molecule has 0 aliphatic carbocycles. The standard InChI is InChI=1S/C12H17ClN2O2S/c1-10-5-6-11(9-12(10)13)14(2)18(16,17)15-7-3-4-8-15/h5-6,9H,3-4,7-8H2,1-2H3. The highest BCUT2D eigenvalue weighted by molar-refractivity contribution is 7.90. The van der Waals surface area contributed by atoms with Crippen LogP contribution in [0.4, 0.5) is 5.69 Å². The molecule has 18 heavy (non-hydrogen) atoms. The number of aryl methyl sites for hydroxylation is 1. The average Bonchev–Trinajstić information content (AvgIpc) is 2.86. The molecule has 0 spiro atoms. The molecule has 1 aliphatic heterocycles. The smallest absolute Gasteiger partial charge is 0.261 e. The zero-order chi connectivity index (χ0) is 13.3. The quantitative estimate of drug-likeness (QED) is 0.857. The van der Waals surface area contributed by atoms with Crippen LogP contribution in [0.1, 0.15) is 18.4 Å². The van der Waals surface area contributed by atoms with Gasteiger partial charge in [-0.2, -0.15) is 12.7 Å². The maximum atomic E-state index is 12.3. The maximum absolute atomic E-state index is 12.3. The summed E-state index contributed by atoms with van der Waals surface area (Å²) in [4.78, 5) is 0. The first kappa shape index (κ1) is 13.6. The Kier molecular flexibility index (Phi) is 3.84. The number of rotatable bonds is 3. The fraction of sp³-hybridized carbons (Fsp3) is 0.500. The highest BCUT2D eigenvalue weighted by Gasteiger charge is 2.29. The number of hydrogen-bond donors (Lipinski definition) is 0. The van der Waals surface area contributed by atoms with E-state index in [1.807, 2.05) is 13.0 Å². The maximum Gasteiger partial charge on any atom is 0.303 e. The van der Waals surface area contributed by atoms with Crippen molar-refractivity contribution in [1.82, 2.24) is 4.31 Å². The Morgan fingerprint density at radius 1 is 1.28 bits per heavy atom. The molecule has 100 valence electrons. The zero-order valence-corrected chi connectivity index (χ0v) is 12.1. The molecule has 0 bridgehead atoms. The van der Waals surface area contributed by atoms with Crippen LogP contribution in [0, 0.1) is 6.92 Å². The van der Waals surface area contributed by atoms with Crippen LogP contribution in [-0.2, 0) is 10.2 Å². The monoisotopic (exact) mass is 288 g/mol. The minimum Gasteiger partial charge on any atom is -0.261 e. The third kappa shape index (κ3) is 2.48. The second kappa shape index (κ2) is 5.07. The van der Waals surface area contributed by atoms with Crippen molar-refractivity contribution in [2.75, 3.05) is 24.4 Å². The minimum absolute atomic E-state index is 0.580. The van der Waals surface area contributed by atoms with Gasteiger partial charge in [0.15, 0.2) is 0 Å². The van der Waals surface area contributed by atoms with Crippen LogP contribution in [0.3, 0.4) is 0 Å². The van der Waals surface area contributed by atoms with Gasteiger partial charge in [0, 0.05) is 25.2 Å². The van der Waals surface area contributed by atoms with Gasteiger partial charge in [-0.25, -0.2) is 0 Å². The van der Waals surface area contributed by atoms with E-state index in [0.717, 1.165) is 18.4 Å². The summed E-state index contributed by atoms with van der Waals surface area (Å²) in [5.74, 6) is 0. The largest absolute Gasteiger partial charge is 0.303 e. The van der Waals surface area contributed by atoms with E-state index in [1.165, 1.54) is 8.61 Å². The Balaban J connectivity index is 2.29. The minimum atomic E-state index is -3.41. The number of hydrogen-bond acceptors (Lipinski definition) is 2. The van der Waals surface area contributed by atoms with E-state index in [4.69, 9.17) is 11.6 Å². The van der Waals surface area contributed by atoms with E-state index in [-0.39, 0.29) is 0 Å². The fourth-order valence-electron chi connectivity index (χ4n) is 2.00. The summed E-state index contributed by atoms with van der Waals surface area (Å²) in [6.07, 6.45) is 1.86. The molecule has 0 N–H and O–H groups in total. The molecule has 0 aromatic heterocycles. The van der Waals surface area contributed by atoms with Crippen LogP contribution in [-0.4, -0.2) is 32.9 Å². The van der Waals surface area contributed by atoms with Crippen LogP contribution in [0.2, 0.25) is 5.02 Å². The van der Waals surface area contributed by atoms with E-state index in [2.05, 4.69) is 0 Å². The van der Waals surface area contributed by atoms with Gasteiger partial charge < -0.3 is 0 Å². The molecule has 0 saturated carbocycles. The van der Waals surface area contributed by atoms with Gasteiger partial charge in [0.05, 0.1) is 5.69 Å². The molecule has 1 heterocycles. The van der Waals surface area contributed by atoms with E-state index in [1.54, 1.807) is 19.2 Å². The molecule has 1 aromatic rings. The van der Waals surface area contributed by atoms with Crippen molar-refractivity contribution in [3.63, 3.8) is 0 Å². The summed E-state index contributed by atoms with van der Waals surface area (Å²) in [7, 11) is -1.85. The van der Waals surface area contributed by atoms with Crippen molar-refractivity contribution in [2.45, 2.75) is 19.8 Å². The van der Waals surface area contributed by atoms with Gasteiger partial charge in [-0.15, -0.1) is 0 Å². The van der Waals surface area contributed by atoms with Gasteiger partial charge in [-0.3, -0.25) is 4.31 Å². The lowest BCUT2D eigenvalue weighted by Crippen LogP contribution is -2.40. The summed E-state index contributed by atoms with van der Waals surface area (Å²) in [5, 5.41) is 0.580. The molecular formula is C12H17ClN2O2S. The Labute approximate surface area is 113 Å². The molecule has 2 rings (SSSR count). The predicted octanol–water partition coefficient (Wildman–Crippen LogP) is 2.43. The summed E-state index contributed by atoms with van der Waals surface area (Å²) in [6.45, 7) is 3.10. The Morgan fingerprint density at radius 3 is 2.44 bits per heavy atom. The van der Waals surface area contributed by atoms with Crippen LogP contribution in [0.25, 0.3) is 0 Å².